The quantitative estimate of drug-likeness (QED) is 0.136. The van der Waals surface area contributed by atoms with Gasteiger partial charge in [0.1, 0.15) is 0 Å². The SMILES string of the molecule is CCCCc1cc(C(C)(C)C)cc(CCCC)c1N1c2ccc(-c3ccccc3)cc2B2c3cc(-c4ccccc4)ccc3Sc3cc(C(C)(C)C)cc1c32. The van der Waals surface area contributed by atoms with Crippen molar-refractivity contribution in [3.8, 4) is 22.3 Å². The highest BCUT2D eigenvalue weighted by Crippen LogP contribution is 2.48. The van der Waals surface area contributed by atoms with E-state index in [1.165, 1.54) is 113 Å². The summed E-state index contributed by atoms with van der Waals surface area (Å²) in [5.41, 5.74) is 19.3. The van der Waals surface area contributed by atoms with E-state index < -0.39 is 0 Å². The fourth-order valence-electron chi connectivity index (χ4n) is 8.64. The molecule has 278 valence electrons. The highest BCUT2D eigenvalue weighted by Gasteiger charge is 2.43. The monoisotopic (exact) mass is 737 g/mol. The van der Waals surface area contributed by atoms with Crippen molar-refractivity contribution in [3.05, 3.63) is 144 Å². The predicted octanol–water partition coefficient (Wildman–Crippen LogP) is 13.1. The van der Waals surface area contributed by atoms with Gasteiger partial charge in [-0.1, -0.05) is 183 Å². The van der Waals surface area contributed by atoms with Crippen LogP contribution in [0.1, 0.15) is 103 Å². The smallest absolute Gasteiger partial charge is 0.249 e. The molecule has 0 unspecified atom stereocenters. The van der Waals surface area contributed by atoms with Gasteiger partial charge in [0.15, 0.2) is 0 Å². The van der Waals surface area contributed by atoms with Gasteiger partial charge in [-0.25, -0.2) is 0 Å². The molecule has 0 aliphatic carbocycles. The molecule has 0 saturated heterocycles. The van der Waals surface area contributed by atoms with Crippen LogP contribution < -0.4 is 21.3 Å². The molecule has 0 amide bonds. The zero-order valence-electron chi connectivity index (χ0n) is 34.2. The number of fused-ring (bicyclic) bond motifs is 4. The third-order valence-corrected chi connectivity index (χ3v) is 13.0. The Kier molecular flexibility index (Phi) is 10.1. The van der Waals surface area contributed by atoms with E-state index in [4.69, 9.17) is 0 Å². The number of hydrogen-bond acceptors (Lipinski definition) is 2. The molecule has 0 aromatic heterocycles. The summed E-state index contributed by atoms with van der Waals surface area (Å²) in [4.78, 5) is 5.49. The highest BCUT2D eigenvalue weighted by molar-refractivity contribution is 8.00. The third-order valence-electron chi connectivity index (χ3n) is 11.8. The number of rotatable bonds is 9. The molecule has 0 spiro atoms. The lowest BCUT2D eigenvalue weighted by molar-refractivity contribution is 0.587. The molecule has 8 rings (SSSR count). The van der Waals surface area contributed by atoms with Crippen molar-refractivity contribution in [2.24, 2.45) is 0 Å². The first-order chi connectivity index (χ1) is 26.5. The van der Waals surface area contributed by atoms with Crippen LogP contribution in [0.3, 0.4) is 0 Å². The number of hydrogen-bond donors (Lipinski definition) is 0. The van der Waals surface area contributed by atoms with E-state index in [0.29, 0.717) is 0 Å². The third kappa shape index (κ3) is 7.10. The second-order valence-electron chi connectivity index (χ2n) is 17.9. The molecule has 2 aliphatic heterocycles. The van der Waals surface area contributed by atoms with Gasteiger partial charge in [0.05, 0.1) is 5.69 Å². The molecular formula is C52H56BNS. The molecule has 0 atom stereocenters. The first-order valence-electron chi connectivity index (χ1n) is 20.7. The Bertz CT molecular complexity index is 2320. The summed E-state index contributed by atoms with van der Waals surface area (Å²) in [5.74, 6) is 0. The topological polar surface area (TPSA) is 3.24 Å². The Morgan fingerprint density at radius 3 is 1.58 bits per heavy atom. The van der Waals surface area contributed by atoms with Gasteiger partial charge in [-0.05, 0) is 116 Å². The summed E-state index contributed by atoms with van der Waals surface area (Å²) in [6.07, 6.45) is 6.85. The lowest BCUT2D eigenvalue weighted by Crippen LogP contribution is -2.60. The van der Waals surface area contributed by atoms with E-state index in [0.717, 1.165) is 12.8 Å². The normalized spacial score (nSPS) is 13.4. The van der Waals surface area contributed by atoms with Gasteiger partial charge in [-0.3, -0.25) is 0 Å². The number of nitrogens with zero attached hydrogens (tertiary/aromatic N) is 1. The Balaban J connectivity index is 1.47. The average molecular weight is 738 g/mol. The van der Waals surface area contributed by atoms with Crippen molar-refractivity contribution in [1.29, 1.82) is 0 Å². The molecule has 3 heteroatoms. The van der Waals surface area contributed by atoms with Gasteiger partial charge in [0.2, 0.25) is 6.71 Å². The van der Waals surface area contributed by atoms with E-state index in [-0.39, 0.29) is 17.5 Å². The van der Waals surface area contributed by atoms with Crippen LogP contribution in [0.4, 0.5) is 17.1 Å². The van der Waals surface area contributed by atoms with Crippen LogP contribution in [0.15, 0.2) is 131 Å². The summed E-state index contributed by atoms with van der Waals surface area (Å²) in [5, 5.41) is 0. The van der Waals surface area contributed by atoms with Crippen LogP contribution in [-0.4, -0.2) is 6.71 Å². The lowest BCUT2D eigenvalue weighted by atomic mass is 9.34. The van der Waals surface area contributed by atoms with Gasteiger partial charge in [0, 0.05) is 21.2 Å². The maximum atomic E-state index is 2.74. The van der Waals surface area contributed by atoms with Crippen molar-refractivity contribution < 1.29 is 0 Å². The van der Waals surface area contributed by atoms with Crippen LogP contribution in [0.2, 0.25) is 0 Å². The largest absolute Gasteiger partial charge is 0.311 e. The summed E-state index contributed by atoms with van der Waals surface area (Å²) in [7, 11) is 0. The second-order valence-corrected chi connectivity index (χ2v) is 19.0. The number of anilines is 3. The van der Waals surface area contributed by atoms with E-state index >= 15 is 0 Å². The van der Waals surface area contributed by atoms with E-state index in [1.54, 1.807) is 0 Å². The highest BCUT2D eigenvalue weighted by atomic mass is 32.2. The Morgan fingerprint density at radius 2 is 1.04 bits per heavy atom. The fourth-order valence-corrected chi connectivity index (χ4v) is 9.83. The molecule has 55 heavy (non-hydrogen) atoms. The Labute approximate surface area is 335 Å². The molecular weight excluding hydrogens is 681 g/mol. The molecule has 0 N–H and O–H groups in total. The maximum Gasteiger partial charge on any atom is 0.249 e. The van der Waals surface area contributed by atoms with Crippen molar-refractivity contribution in [2.75, 3.05) is 4.90 Å². The van der Waals surface area contributed by atoms with E-state index in [2.05, 4.69) is 182 Å². The standard InChI is InChI=1S/C52H56BNS/c1-9-11-19-39-29-41(51(3,4)5)30-40(20-12-10-2)50(39)54-45-27-25-37(35-21-15-13-16-22-35)31-43(45)53-44-32-38(36-23-17-14-18-24-36)26-28-47(44)55-48-34-42(52(6,7)8)33-46(54)49(48)53/h13-18,21-34H,9-12,19-20H2,1-8H3. The molecule has 6 aromatic rings. The minimum absolute atomic E-state index is 0.00564. The average Bonchev–Trinajstić information content (AvgIpc) is 3.18. The molecule has 0 radical (unpaired) electrons. The first-order valence-corrected chi connectivity index (χ1v) is 21.5. The predicted molar refractivity (Wildman–Crippen MR) is 242 cm³/mol. The number of benzene rings is 6. The van der Waals surface area contributed by atoms with Crippen molar-refractivity contribution in [2.45, 2.75) is 115 Å². The maximum absolute atomic E-state index is 2.74. The van der Waals surface area contributed by atoms with Gasteiger partial charge >= 0.3 is 0 Å². The van der Waals surface area contributed by atoms with E-state index in [9.17, 15) is 0 Å². The Morgan fingerprint density at radius 1 is 0.509 bits per heavy atom. The van der Waals surface area contributed by atoms with Gasteiger partial charge in [0.25, 0.3) is 0 Å². The lowest BCUT2D eigenvalue weighted by Gasteiger charge is -2.43. The van der Waals surface area contributed by atoms with Gasteiger partial charge < -0.3 is 4.90 Å². The van der Waals surface area contributed by atoms with Crippen LogP contribution in [0.25, 0.3) is 22.3 Å². The first kappa shape index (κ1) is 37.5. The summed E-state index contributed by atoms with van der Waals surface area (Å²) < 4.78 is 0. The van der Waals surface area contributed by atoms with Crippen LogP contribution in [0.5, 0.6) is 0 Å². The van der Waals surface area contributed by atoms with Crippen molar-refractivity contribution >= 4 is 51.9 Å². The molecule has 6 aromatic carbocycles. The molecule has 0 saturated carbocycles. The molecule has 2 aliphatic rings. The zero-order valence-corrected chi connectivity index (χ0v) is 35.0. The van der Waals surface area contributed by atoms with Crippen molar-refractivity contribution in [3.63, 3.8) is 0 Å². The number of aryl methyl sites for hydroxylation is 2. The summed E-state index contributed by atoms with van der Waals surface area (Å²) in [6.45, 7) is 19.0. The number of unbranched alkanes of at least 4 members (excludes halogenated alkanes) is 2. The summed E-state index contributed by atoms with van der Waals surface area (Å²) in [6, 6.07) is 46.7. The second kappa shape index (κ2) is 14.9. The van der Waals surface area contributed by atoms with Gasteiger partial charge in [-0.15, -0.1) is 0 Å². The minimum atomic E-state index is -0.00564. The molecule has 1 nitrogen and oxygen atoms in total. The van der Waals surface area contributed by atoms with Crippen LogP contribution in [0, 0.1) is 0 Å². The van der Waals surface area contributed by atoms with E-state index in [1.807, 2.05) is 11.8 Å². The minimum Gasteiger partial charge on any atom is -0.311 e. The van der Waals surface area contributed by atoms with Crippen molar-refractivity contribution in [1.82, 2.24) is 0 Å². The Hall–Kier alpha value is -4.47. The van der Waals surface area contributed by atoms with Gasteiger partial charge in [-0.2, -0.15) is 0 Å². The van der Waals surface area contributed by atoms with Crippen LogP contribution in [-0.2, 0) is 23.7 Å². The molecule has 0 bridgehead atoms. The summed E-state index contributed by atoms with van der Waals surface area (Å²) >= 11 is 1.97. The van der Waals surface area contributed by atoms with Crippen LogP contribution >= 0.6 is 11.8 Å². The molecule has 0 fully saturated rings. The molecule has 2 heterocycles. The fraction of sp³-hybridized carbons (Fsp3) is 0.308. The zero-order chi connectivity index (χ0) is 38.5.